The third-order valence-electron chi connectivity index (χ3n) is 3.89. The van der Waals surface area contributed by atoms with Crippen LogP contribution in [0.25, 0.3) is 0 Å². The van der Waals surface area contributed by atoms with Crippen molar-refractivity contribution in [1.82, 2.24) is 0 Å². The van der Waals surface area contributed by atoms with E-state index in [2.05, 4.69) is 12.1 Å². The van der Waals surface area contributed by atoms with Crippen LogP contribution in [0.2, 0.25) is 5.02 Å². The molecule has 0 aromatic heterocycles. The van der Waals surface area contributed by atoms with Gasteiger partial charge in [-0.15, -0.1) is 0 Å². The van der Waals surface area contributed by atoms with E-state index in [1.165, 1.54) is 31.2 Å². The molecule has 0 radical (unpaired) electrons. The molecule has 1 aliphatic carbocycles. The van der Waals surface area contributed by atoms with Crippen molar-refractivity contribution in [3.05, 3.63) is 34.9 Å². The second-order valence-electron chi connectivity index (χ2n) is 6.30. The van der Waals surface area contributed by atoms with Crippen LogP contribution in [-0.4, -0.2) is 10.7 Å². The molecule has 0 heterocycles. The van der Waals surface area contributed by atoms with E-state index >= 15 is 0 Å². The average Bonchev–Trinajstić information content (AvgIpc) is 2.27. The summed E-state index contributed by atoms with van der Waals surface area (Å²) in [6, 6.07) is 8.25. The smallest absolute Gasteiger partial charge is 0.0594 e. The number of aliphatic hydroxyl groups is 1. The van der Waals surface area contributed by atoms with Gasteiger partial charge in [0.25, 0.3) is 0 Å². The molecule has 2 unspecified atom stereocenters. The second kappa shape index (κ2) is 5.63. The molecule has 1 aromatic rings. The van der Waals surface area contributed by atoms with E-state index in [1.54, 1.807) is 0 Å². The van der Waals surface area contributed by atoms with E-state index < -0.39 is 5.60 Å². The fourth-order valence-corrected chi connectivity index (χ4v) is 3.44. The fourth-order valence-electron chi connectivity index (χ4n) is 3.25. The van der Waals surface area contributed by atoms with Gasteiger partial charge in [-0.2, -0.15) is 0 Å². The molecule has 2 rings (SSSR count). The third-order valence-corrected chi connectivity index (χ3v) is 4.13. The van der Waals surface area contributed by atoms with Gasteiger partial charge in [0.15, 0.2) is 0 Å². The molecule has 2 heteroatoms. The van der Waals surface area contributed by atoms with Crippen LogP contribution in [-0.2, 0) is 0 Å². The lowest BCUT2D eigenvalue weighted by Gasteiger charge is -2.33. The van der Waals surface area contributed by atoms with E-state index in [0.29, 0.717) is 11.8 Å². The Kier molecular flexibility index (Phi) is 4.34. The van der Waals surface area contributed by atoms with Gasteiger partial charge in [0, 0.05) is 5.02 Å². The maximum Gasteiger partial charge on any atom is 0.0594 e. The van der Waals surface area contributed by atoms with Crippen molar-refractivity contribution in [3.8, 4) is 0 Å². The Bertz CT molecular complexity index is 394. The lowest BCUT2D eigenvalue weighted by atomic mass is 9.74. The van der Waals surface area contributed by atoms with E-state index in [1.807, 2.05) is 26.0 Å². The SMILES string of the molecule is CC(C)(O)CC1CCCC(c2cccc(Cl)c2)C1. The number of halogens is 1. The van der Waals surface area contributed by atoms with Crippen LogP contribution in [0.4, 0.5) is 0 Å². The monoisotopic (exact) mass is 266 g/mol. The van der Waals surface area contributed by atoms with E-state index in [-0.39, 0.29) is 0 Å². The first-order valence-corrected chi connectivity index (χ1v) is 7.30. The van der Waals surface area contributed by atoms with Crippen molar-refractivity contribution in [2.45, 2.75) is 57.5 Å². The summed E-state index contributed by atoms with van der Waals surface area (Å²) in [7, 11) is 0. The van der Waals surface area contributed by atoms with Gasteiger partial charge in [0.1, 0.15) is 0 Å². The van der Waals surface area contributed by atoms with Gasteiger partial charge in [-0.1, -0.05) is 36.6 Å². The van der Waals surface area contributed by atoms with E-state index in [9.17, 15) is 5.11 Å². The minimum atomic E-state index is -0.541. The molecule has 0 aliphatic heterocycles. The van der Waals surface area contributed by atoms with Gasteiger partial charge >= 0.3 is 0 Å². The molecular formula is C16H23ClO. The Hall–Kier alpha value is -0.530. The largest absolute Gasteiger partial charge is 0.390 e. The third kappa shape index (κ3) is 4.00. The maximum atomic E-state index is 9.95. The minimum absolute atomic E-state index is 0.541. The van der Waals surface area contributed by atoms with Gasteiger partial charge in [0.2, 0.25) is 0 Å². The average molecular weight is 267 g/mol. The summed E-state index contributed by atoms with van der Waals surface area (Å²) in [5, 5.41) is 10.8. The molecule has 18 heavy (non-hydrogen) atoms. The molecule has 1 N–H and O–H groups in total. The summed E-state index contributed by atoms with van der Waals surface area (Å²) < 4.78 is 0. The maximum absolute atomic E-state index is 9.95. The molecule has 1 aliphatic rings. The van der Waals surface area contributed by atoms with Crippen LogP contribution in [0.3, 0.4) is 0 Å². The van der Waals surface area contributed by atoms with Gasteiger partial charge in [-0.3, -0.25) is 0 Å². The first kappa shape index (κ1) is 13.9. The van der Waals surface area contributed by atoms with Gasteiger partial charge in [0.05, 0.1) is 5.60 Å². The van der Waals surface area contributed by atoms with Crippen molar-refractivity contribution in [3.63, 3.8) is 0 Å². The Morgan fingerprint density at radius 2 is 2.11 bits per heavy atom. The molecule has 0 bridgehead atoms. The first-order valence-electron chi connectivity index (χ1n) is 6.92. The highest BCUT2D eigenvalue weighted by molar-refractivity contribution is 6.30. The van der Waals surface area contributed by atoms with Crippen LogP contribution in [0, 0.1) is 5.92 Å². The fraction of sp³-hybridized carbons (Fsp3) is 0.625. The second-order valence-corrected chi connectivity index (χ2v) is 6.74. The van der Waals surface area contributed by atoms with Gasteiger partial charge in [-0.25, -0.2) is 0 Å². The van der Waals surface area contributed by atoms with Crippen LogP contribution < -0.4 is 0 Å². The molecule has 0 spiro atoms. The molecule has 100 valence electrons. The summed E-state index contributed by atoms with van der Waals surface area (Å²) >= 11 is 6.07. The van der Waals surface area contributed by atoms with Crippen LogP contribution >= 0.6 is 11.6 Å². The Balaban J connectivity index is 2.02. The lowest BCUT2D eigenvalue weighted by molar-refractivity contribution is 0.0440. The number of benzene rings is 1. The molecule has 2 atom stereocenters. The Labute approximate surface area is 115 Å². The van der Waals surface area contributed by atoms with Crippen molar-refractivity contribution in [1.29, 1.82) is 0 Å². The van der Waals surface area contributed by atoms with Crippen LogP contribution in [0.5, 0.6) is 0 Å². The predicted octanol–water partition coefficient (Wildman–Crippen LogP) is 4.77. The van der Waals surface area contributed by atoms with E-state index in [0.717, 1.165) is 11.4 Å². The normalized spacial score (nSPS) is 25.1. The highest BCUT2D eigenvalue weighted by Gasteiger charge is 2.27. The van der Waals surface area contributed by atoms with Gasteiger partial charge < -0.3 is 5.11 Å². The van der Waals surface area contributed by atoms with E-state index in [4.69, 9.17) is 11.6 Å². The quantitative estimate of drug-likeness (QED) is 0.835. The first-order chi connectivity index (χ1) is 8.44. The molecule has 0 saturated heterocycles. The topological polar surface area (TPSA) is 20.2 Å². The number of hydrogen-bond donors (Lipinski definition) is 1. The van der Waals surface area contributed by atoms with Crippen LogP contribution in [0.1, 0.15) is 57.4 Å². The summed E-state index contributed by atoms with van der Waals surface area (Å²) in [5.41, 5.74) is 0.823. The van der Waals surface area contributed by atoms with Crippen LogP contribution in [0.15, 0.2) is 24.3 Å². The molecular weight excluding hydrogens is 244 g/mol. The zero-order valence-electron chi connectivity index (χ0n) is 11.3. The zero-order chi connectivity index (χ0) is 13.2. The highest BCUT2D eigenvalue weighted by atomic mass is 35.5. The highest BCUT2D eigenvalue weighted by Crippen LogP contribution is 2.39. The van der Waals surface area contributed by atoms with Gasteiger partial charge in [-0.05, 0) is 62.6 Å². The van der Waals surface area contributed by atoms with Crippen molar-refractivity contribution in [2.75, 3.05) is 0 Å². The van der Waals surface area contributed by atoms with Crippen molar-refractivity contribution >= 4 is 11.6 Å². The molecule has 1 saturated carbocycles. The Morgan fingerprint density at radius 3 is 2.78 bits per heavy atom. The lowest BCUT2D eigenvalue weighted by Crippen LogP contribution is -2.26. The molecule has 0 amide bonds. The summed E-state index contributed by atoms with van der Waals surface area (Å²) in [4.78, 5) is 0. The standard InChI is InChI=1S/C16H23ClO/c1-16(2,18)11-12-5-3-6-13(9-12)14-7-4-8-15(17)10-14/h4,7-8,10,12-13,18H,3,5-6,9,11H2,1-2H3. The predicted molar refractivity (Wildman–Crippen MR) is 77.1 cm³/mol. The number of hydrogen-bond acceptors (Lipinski definition) is 1. The summed E-state index contributed by atoms with van der Waals surface area (Å²) in [5.74, 6) is 1.26. The summed E-state index contributed by atoms with van der Waals surface area (Å²) in [6.45, 7) is 3.83. The van der Waals surface area contributed by atoms with Crippen molar-refractivity contribution < 1.29 is 5.11 Å². The molecule has 1 nitrogen and oxygen atoms in total. The zero-order valence-corrected chi connectivity index (χ0v) is 12.1. The Morgan fingerprint density at radius 1 is 1.33 bits per heavy atom. The number of rotatable bonds is 3. The van der Waals surface area contributed by atoms with Crippen molar-refractivity contribution in [2.24, 2.45) is 5.92 Å². The summed E-state index contributed by atoms with van der Waals surface area (Å²) in [6.07, 6.45) is 5.86. The molecule has 1 aromatic carbocycles. The molecule has 1 fully saturated rings. The minimum Gasteiger partial charge on any atom is -0.390 e.